The van der Waals surface area contributed by atoms with Crippen LogP contribution >= 0.6 is 0 Å². The van der Waals surface area contributed by atoms with Gasteiger partial charge in [0.2, 0.25) is 0 Å². The number of H-pyrrole nitrogens is 1. The molecule has 6 heteroatoms. The van der Waals surface area contributed by atoms with E-state index in [0.717, 1.165) is 19.4 Å². The van der Waals surface area contributed by atoms with Gasteiger partial charge < -0.3 is 9.84 Å². The van der Waals surface area contributed by atoms with Crippen LogP contribution < -0.4 is 0 Å². The molecule has 1 aromatic rings. The Kier molecular flexibility index (Phi) is 2.45. The Balaban J connectivity index is 2.21. The SMILES string of the molecule is O=C(O)c1n[nH]nc1C1CCCOC1. The molecule has 1 saturated heterocycles. The molecule has 0 amide bonds. The minimum absolute atomic E-state index is 0.0144. The van der Waals surface area contributed by atoms with Gasteiger partial charge >= 0.3 is 5.97 Å². The van der Waals surface area contributed by atoms with Gasteiger partial charge in [0.1, 0.15) is 5.69 Å². The zero-order valence-electron chi connectivity index (χ0n) is 7.56. The predicted molar refractivity (Wildman–Crippen MR) is 46.1 cm³/mol. The molecule has 2 heterocycles. The molecule has 76 valence electrons. The largest absolute Gasteiger partial charge is 0.476 e. The summed E-state index contributed by atoms with van der Waals surface area (Å²) in [5.74, 6) is -0.979. The monoisotopic (exact) mass is 197 g/mol. The maximum Gasteiger partial charge on any atom is 0.358 e. The third-order valence-corrected chi connectivity index (χ3v) is 2.32. The Hall–Kier alpha value is -1.43. The molecule has 1 atom stereocenters. The van der Waals surface area contributed by atoms with E-state index in [1.54, 1.807) is 0 Å². The van der Waals surface area contributed by atoms with Gasteiger partial charge in [0, 0.05) is 12.5 Å². The van der Waals surface area contributed by atoms with E-state index in [1.165, 1.54) is 0 Å². The summed E-state index contributed by atoms with van der Waals surface area (Å²) in [5, 5.41) is 18.6. The average molecular weight is 197 g/mol. The van der Waals surface area contributed by atoms with E-state index in [-0.39, 0.29) is 11.6 Å². The second-order valence-electron chi connectivity index (χ2n) is 3.28. The Morgan fingerprint density at radius 2 is 2.43 bits per heavy atom. The van der Waals surface area contributed by atoms with Crippen LogP contribution in [0.5, 0.6) is 0 Å². The van der Waals surface area contributed by atoms with E-state index in [0.29, 0.717) is 12.3 Å². The Bertz CT molecular complexity index is 330. The number of aromatic amines is 1. The Labute approximate surface area is 80.3 Å². The lowest BCUT2D eigenvalue weighted by Gasteiger charge is -2.20. The number of carboxylic acids is 1. The third kappa shape index (κ3) is 1.60. The van der Waals surface area contributed by atoms with Gasteiger partial charge in [0.05, 0.1) is 6.61 Å². The number of nitrogens with one attached hydrogen (secondary N) is 1. The third-order valence-electron chi connectivity index (χ3n) is 2.32. The van der Waals surface area contributed by atoms with E-state index in [1.807, 2.05) is 0 Å². The number of carboxylic acid groups (broad SMARTS) is 1. The second kappa shape index (κ2) is 3.75. The first-order valence-electron chi connectivity index (χ1n) is 4.50. The van der Waals surface area contributed by atoms with Crippen molar-refractivity contribution >= 4 is 5.97 Å². The summed E-state index contributed by atoms with van der Waals surface area (Å²) < 4.78 is 5.27. The number of nitrogens with zero attached hydrogens (tertiary/aromatic N) is 2. The highest BCUT2D eigenvalue weighted by Gasteiger charge is 2.25. The number of rotatable bonds is 2. The van der Waals surface area contributed by atoms with Gasteiger partial charge in [-0.15, -0.1) is 5.10 Å². The van der Waals surface area contributed by atoms with Gasteiger partial charge in [0.15, 0.2) is 5.69 Å². The summed E-state index contributed by atoms with van der Waals surface area (Å²) in [5.41, 5.74) is 0.526. The molecule has 0 saturated carbocycles. The van der Waals surface area contributed by atoms with Crippen molar-refractivity contribution < 1.29 is 14.6 Å². The molecule has 6 nitrogen and oxygen atoms in total. The molecule has 1 fully saturated rings. The molecule has 14 heavy (non-hydrogen) atoms. The summed E-state index contributed by atoms with van der Waals surface area (Å²) >= 11 is 0. The van der Waals surface area contributed by atoms with Crippen LogP contribution in [0.1, 0.15) is 34.9 Å². The minimum Gasteiger partial charge on any atom is -0.476 e. The van der Waals surface area contributed by atoms with Gasteiger partial charge in [-0.1, -0.05) is 0 Å². The molecule has 0 bridgehead atoms. The normalized spacial score (nSPS) is 22.1. The first-order chi connectivity index (χ1) is 6.79. The number of hydrogen-bond donors (Lipinski definition) is 2. The molecule has 0 spiro atoms. The fourth-order valence-corrected chi connectivity index (χ4v) is 1.64. The first-order valence-corrected chi connectivity index (χ1v) is 4.50. The Morgan fingerprint density at radius 3 is 3.07 bits per heavy atom. The van der Waals surface area contributed by atoms with Crippen LogP contribution in [0.2, 0.25) is 0 Å². The van der Waals surface area contributed by atoms with Crippen LogP contribution in [0.3, 0.4) is 0 Å². The summed E-state index contributed by atoms with van der Waals surface area (Å²) in [4.78, 5) is 10.8. The van der Waals surface area contributed by atoms with E-state index < -0.39 is 5.97 Å². The summed E-state index contributed by atoms with van der Waals surface area (Å²) in [6.45, 7) is 1.28. The number of aromatic nitrogens is 3. The minimum atomic E-state index is -1.04. The quantitative estimate of drug-likeness (QED) is 0.716. The van der Waals surface area contributed by atoms with Crippen LogP contribution in [0.25, 0.3) is 0 Å². The topological polar surface area (TPSA) is 88.1 Å². The van der Waals surface area contributed by atoms with Crippen molar-refractivity contribution in [2.45, 2.75) is 18.8 Å². The average Bonchev–Trinajstić information content (AvgIpc) is 2.67. The number of aromatic carboxylic acids is 1. The molecule has 0 radical (unpaired) electrons. The van der Waals surface area contributed by atoms with Gasteiger partial charge in [-0.25, -0.2) is 4.79 Å². The molecule has 0 aromatic carbocycles. The van der Waals surface area contributed by atoms with Crippen LogP contribution in [0, 0.1) is 0 Å². The van der Waals surface area contributed by atoms with Gasteiger partial charge in [-0.05, 0) is 12.8 Å². The van der Waals surface area contributed by atoms with Crippen molar-refractivity contribution in [2.24, 2.45) is 0 Å². The lowest BCUT2D eigenvalue weighted by molar-refractivity contribution is 0.0673. The van der Waals surface area contributed by atoms with Crippen LogP contribution in [0.15, 0.2) is 0 Å². The van der Waals surface area contributed by atoms with E-state index in [9.17, 15) is 4.79 Å². The van der Waals surface area contributed by atoms with Crippen molar-refractivity contribution in [3.8, 4) is 0 Å². The van der Waals surface area contributed by atoms with Crippen LogP contribution in [-0.2, 0) is 4.74 Å². The molecule has 2 N–H and O–H groups in total. The molecule has 1 aromatic heterocycles. The fourth-order valence-electron chi connectivity index (χ4n) is 1.64. The zero-order chi connectivity index (χ0) is 9.97. The predicted octanol–water partition coefficient (Wildman–Crippen LogP) is 0.397. The lowest BCUT2D eigenvalue weighted by Crippen LogP contribution is -2.18. The highest BCUT2D eigenvalue weighted by Crippen LogP contribution is 2.25. The van der Waals surface area contributed by atoms with Crippen LogP contribution in [-0.4, -0.2) is 39.7 Å². The molecular weight excluding hydrogens is 186 g/mol. The maximum absolute atomic E-state index is 10.8. The second-order valence-corrected chi connectivity index (χ2v) is 3.28. The van der Waals surface area contributed by atoms with Gasteiger partial charge in [0.25, 0.3) is 0 Å². The zero-order valence-corrected chi connectivity index (χ0v) is 7.56. The van der Waals surface area contributed by atoms with E-state index in [2.05, 4.69) is 15.4 Å². The molecule has 1 unspecified atom stereocenters. The lowest BCUT2D eigenvalue weighted by atomic mass is 9.97. The van der Waals surface area contributed by atoms with Crippen molar-refractivity contribution in [3.05, 3.63) is 11.4 Å². The highest BCUT2D eigenvalue weighted by atomic mass is 16.5. The van der Waals surface area contributed by atoms with E-state index in [4.69, 9.17) is 9.84 Å². The molecule has 0 aliphatic carbocycles. The first kappa shape index (κ1) is 9.14. The maximum atomic E-state index is 10.8. The summed E-state index contributed by atoms with van der Waals surface area (Å²) in [6, 6.07) is 0. The van der Waals surface area contributed by atoms with Crippen molar-refractivity contribution in [3.63, 3.8) is 0 Å². The standard InChI is InChI=1S/C8H11N3O3/c12-8(13)7-6(9-11-10-7)5-2-1-3-14-4-5/h5H,1-4H2,(H,12,13)(H,9,10,11). The fraction of sp³-hybridized carbons (Fsp3) is 0.625. The van der Waals surface area contributed by atoms with Gasteiger partial charge in [-0.3, -0.25) is 0 Å². The Morgan fingerprint density at radius 1 is 1.57 bits per heavy atom. The molecule has 1 aliphatic rings. The molecule has 2 rings (SSSR count). The van der Waals surface area contributed by atoms with E-state index >= 15 is 0 Å². The van der Waals surface area contributed by atoms with Crippen molar-refractivity contribution in [1.82, 2.24) is 15.4 Å². The number of carbonyl (C=O) groups is 1. The molecule has 1 aliphatic heterocycles. The van der Waals surface area contributed by atoms with Crippen molar-refractivity contribution in [2.75, 3.05) is 13.2 Å². The summed E-state index contributed by atoms with van der Waals surface area (Å²) in [6.07, 6.45) is 1.85. The van der Waals surface area contributed by atoms with Gasteiger partial charge in [-0.2, -0.15) is 10.3 Å². The number of ether oxygens (including phenoxy) is 1. The van der Waals surface area contributed by atoms with Crippen molar-refractivity contribution in [1.29, 1.82) is 0 Å². The van der Waals surface area contributed by atoms with Crippen LogP contribution in [0.4, 0.5) is 0 Å². The smallest absolute Gasteiger partial charge is 0.358 e. The number of hydrogen-bond acceptors (Lipinski definition) is 4. The summed E-state index contributed by atoms with van der Waals surface area (Å²) in [7, 11) is 0. The highest BCUT2D eigenvalue weighted by molar-refractivity contribution is 5.86. The molecular formula is C8H11N3O3.